The van der Waals surface area contributed by atoms with Crippen LogP contribution in [0.2, 0.25) is 0 Å². The van der Waals surface area contributed by atoms with Crippen molar-refractivity contribution >= 4 is 28.5 Å². The van der Waals surface area contributed by atoms with Crippen molar-refractivity contribution < 1.29 is 13.7 Å². The average Bonchev–Trinajstić information content (AvgIpc) is 3.37. The van der Waals surface area contributed by atoms with E-state index in [1.807, 2.05) is 57.2 Å². The number of urea groups is 1. The van der Waals surface area contributed by atoms with Crippen LogP contribution in [0.4, 0.5) is 20.8 Å². The molecule has 0 fully saturated rings. The first-order valence-electron chi connectivity index (χ1n) is 12.4. The second kappa shape index (κ2) is 9.83. The number of carbonyl (C=O) groups excluding carboxylic acids is 1. The zero-order chi connectivity index (χ0) is 27.9. The van der Waals surface area contributed by atoms with Crippen LogP contribution in [0.25, 0.3) is 33.3 Å². The molecule has 198 valence electrons. The first-order chi connectivity index (χ1) is 18.5. The van der Waals surface area contributed by atoms with Crippen LogP contribution in [-0.4, -0.2) is 20.7 Å². The van der Waals surface area contributed by atoms with Crippen molar-refractivity contribution in [2.24, 2.45) is 7.05 Å². The van der Waals surface area contributed by atoms with E-state index in [0.717, 1.165) is 22.2 Å². The number of aryl methyl sites for hydroxylation is 2. The fourth-order valence-electron chi connectivity index (χ4n) is 4.34. The summed E-state index contributed by atoms with van der Waals surface area (Å²) in [6, 6.07) is 17.0. The van der Waals surface area contributed by atoms with Gasteiger partial charge in [-0.1, -0.05) is 56.3 Å². The number of nitrogens with one attached hydrogen (secondary N) is 2. The molecule has 0 atom stereocenters. The maximum absolute atomic E-state index is 14.9. The number of fused-ring (bicyclic) bond motifs is 1. The minimum Gasteiger partial charge on any atom is -0.338 e. The van der Waals surface area contributed by atoms with E-state index in [9.17, 15) is 14.0 Å². The summed E-state index contributed by atoms with van der Waals surface area (Å²) < 4.78 is 21.6. The topological polar surface area (TPSA) is 102 Å². The third kappa shape index (κ3) is 5.16. The van der Waals surface area contributed by atoms with Gasteiger partial charge in [-0.05, 0) is 42.3 Å². The Hall–Kier alpha value is -4.79. The van der Waals surface area contributed by atoms with Crippen molar-refractivity contribution in [2.45, 2.75) is 33.1 Å². The van der Waals surface area contributed by atoms with Gasteiger partial charge in [0.05, 0.1) is 22.6 Å². The van der Waals surface area contributed by atoms with Crippen LogP contribution in [0.15, 0.2) is 76.2 Å². The molecule has 0 aliphatic rings. The number of hydrogen-bond acceptors (Lipinski definition) is 5. The van der Waals surface area contributed by atoms with Crippen molar-refractivity contribution in [1.82, 2.24) is 14.7 Å². The molecule has 0 saturated carbocycles. The molecule has 2 N–H and O–H groups in total. The Kier molecular flexibility index (Phi) is 6.51. The maximum Gasteiger partial charge on any atom is 0.326 e. The standard InChI is InChI=1S/C30H28FN5O3/c1-17-11-22(31)24(33-29(38)34-27-15-26(35-39-27)30(2,3)4)13-20(17)21-12-19-16-32-23(18-9-7-6-8-10-18)14-25(19)36(5)28(21)37/h6-16H,1-5H3,(H2,33,34,38). The number of aromatic nitrogens is 3. The lowest BCUT2D eigenvalue weighted by Gasteiger charge is -2.14. The van der Waals surface area contributed by atoms with Crippen molar-refractivity contribution in [3.05, 3.63) is 94.3 Å². The van der Waals surface area contributed by atoms with Gasteiger partial charge in [0, 0.05) is 41.2 Å². The van der Waals surface area contributed by atoms with Crippen molar-refractivity contribution in [2.75, 3.05) is 10.6 Å². The number of benzene rings is 2. The zero-order valence-corrected chi connectivity index (χ0v) is 22.3. The number of rotatable bonds is 4. The minimum atomic E-state index is -0.704. The number of nitrogens with zero attached hydrogens (tertiary/aromatic N) is 3. The summed E-state index contributed by atoms with van der Waals surface area (Å²) in [5.41, 5.74) is 3.90. The molecule has 8 nitrogen and oxygen atoms in total. The number of amides is 2. The van der Waals surface area contributed by atoms with Gasteiger partial charge < -0.3 is 14.4 Å². The predicted molar refractivity (Wildman–Crippen MR) is 150 cm³/mol. The van der Waals surface area contributed by atoms with E-state index < -0.39 is 11.8 Å². The molecule has 0 aliphatic heterocycles. The maximum atomic E-state index is 14.9. The molecule has 3 heterocycles. The summed E-state index contributed by atoms with van der Waals surface area (Å²) in [6.07, 6.45) is 1.72. The van der Waals surface area contributed by atoms with Crippen LogP contribution >= 0.6 is 0 Å². The highest BCUT2D eigenvalue weighted by atomic mass is 19.1. The molecule has 0 aliphatic carbocycles. The van der Waals surface area contributed by atoms with Gasteiger partial charge in [-0.25, -0.2) is 9.18 Å². The number of anilines is 2. The highest BCUT2D eigenvalue weighted by molar-refractivity contribution is 5.99. The van der Waals surface area contributed by atoms with Crippen molar-refractivity contribution in [3.63, 3.8) is 0 Å². The van der Waals surface area contributed by atoms with E-state index in [4.69, 9.17) is 4.52 Å². The normalized spacial score (nSPS) is 11.5. The van der Waals surface area contributed by atoms with E-state index in [2.05, 4.69) is 20.8 Å². The van der Waals surface area contributed by atoms with E-state index in [-0.39, 0.29) is 22.5 Å². The molecule has 0 unspecified atom stereocenters. The first kappa shape index (κ1) is 25.8. The third-order valence-corrected chi connectivity index (χ3v) is 6.55. The van der Waals surface area contributed by atoms with Gasteiger partial charge in [-0.2, -0.15) is 0 Å². The van der Waals surface area contributed by atoms with Crippen molar-refractivity contribution in [1.29, 1.82) is 0 Å². The molecule has 0 radical (unpaired) electrons. The second-order valence-corrected chi connectivity index (χ2v) is 10.5. The van der Waals surface area contributed by atoms with Gasteiger partial charge >= 0.3 is 6.03 Å². The van der Waals surface area contributed by atoms with Gasteiger partial charge in [-0.3, -0.25) is 15.1 Å². The summed E-state index contributed by atoms with van der Waals surface area (Å²) in [6.45, 7) is 7.61. The van der Waals surface area contributed by atoms with Crippen LogP contribution in [0.1, 0.15) is 32.0 Å². The van der Waals surface area contributed by atoms with Crippen molar-refractivity contribution in [3.8, 4) is 22.4 Å². The Bertz CT molecular complexity index is 1770. The van der Waals surface area contributed by atoms with Crippen LogP contribution in [-0.2, 0) is 12.5 Å². The lowest BCUT2D eigenvalue weighted by molar-refractivity contribution is 0.261. The summed E-state index contributed by atoms with van der Waals surface area (Å²) in [5.74, 6) is -0.498. The average molecular weight is 526 g/mol. The Labute approximate surface area is 224 Å². The third-order valence-electron chi connectivity index (χ3n) is 6.55. The van der Waals surface area contributed by atoms with E-state index in [0.29, 0.717) is 22.4 Å². The SMILES string of the molecule is Cc1cc(F)c(NC(=O)Nc2cc(C(C)(C)C)no2)cc1-c1cc2cnc(-c3ccccc3)cc2n(C)c1=O. The van der Waals surface area contributed by atoms with Crippen LogP contribution < -0.4 is 16.2 Å². The van der Waals surface area contributed by atoms with Gasteiger partial charge in [-0.15, -0.1) is 0 Å². The monoisotopic (exact) mass is 525 g/mol. The molecule has 3 aromatic heterocycles. The molecular weight excluding hydrogens is 497 g/mol. The molecule has 39 heavy (non-hydrogen) atoms. The lowest BCUT2D eigenvalue weighted by atomic mass is 9.92. The second-order valence-electron chi connectivity index (χ2n) is 10.5. The quantitative estimate of drug-likeness (QED) is 0.274. The predicted octanol–water partition coefficient (Wildman–Crippen LogP) is 6.64. The Morgan fingerprint density at radius 1 is 1.00 bits per heavy atom. The highest BCUT2D eigenvalue weighted by Gasteiger charge is 2.21. The van der Waals surface area contributed by atoms with Gasteiger partial charge in [0.15, 0.2) is 0 Å². The van der Waals surface area contributed by atoms with E-state index >= 15 is 0 Å². The summed E-state index contributed by atoms with van der Waals surface area (Å²) in [7, 11) is 1.69. The number of carbonyl (C=O) groups is 1. The number of pyridine rings is 2. The Morgan fingerprint density at radius 2 is 1.74 bits per heavy atom. The molecule has 2 aromatic carbocycles. The molecule has 5 rings (SSSR count). The molecule has 0 bridgehead atoms. The van der Waals surface area contributed by atoms with Crippen LogP contribution in [0.5, 0.6) is 0 Å². The summed E-state index contributed by atoms with van der Waals surface area (Å²) in [4.78, 5) is 30.7. The minimum absolute atomic E-state index is 0.0802. The molecule has 5 aromatic rings. The van der Waals surface area contributed by atoms with E-state index in [1.165, 1.54) is 12.1 Å². The fourth-order valence-corrected chi connectivity index (χ4v) is 4.34. The summed E-state index contributed by atoms with van der Waals surface area (Å²) in [5, 5.41) is 9.75. The Morgan fingerprint density at radius 3 is 2.44 bits per heavy atom. The molecule has 0 spiro atoms. The van der Waals surface area contributed by atoms with E-state index in [1.54, 1.807) is 36.9 Å². The highest BCUT2D eigenvalue weighted by Crippen LogP contribution is 2.30. The molecule has 2 amide bonds. The smallest absolute Gasteiger partial charge is 0.326 e. The van der Waals surface area contributed by atoms with Gasteiger partial charge in [0.2, 0.25) is 5.88 Å². The first-order valence-corrected chi connectivity index (χ1v) is 12.4. The lowest BCUT2D eigenvalue weighted by Crippen LogP contribution is -2.21. The fraction of sp³-hybridized carbons (Fsp3) is 0.200. The van der Waals surface area contributed by atoms with Crippen LogP contribution in [0, 0.1) is 12.7 Å². The summed E-state index contributed by atoms with van der Waals surface area (Å²) >= 11 is 0. The van der Waals surface area contributed by atoms with Crippen LogP contribution in [0.3, 0.4) is 0 Å². The Balaban J connectivity index is 1.48. The number of hydrogen-bond donors (Lipinski definition) is 2. The number of halogens is 1. The molecular formula is C30H28FN5O3. The largest absolute Gasteiger partial charge is 0.338 e. The zero-order valence-electron chi connectivity index (χ0n) is 22.3. The molecule has 0 saturated heterocycles. The molecule has 9 heteroatoms. The van der Waals surface area contributed by atoms with Gasteiger partial charge in [0.25, 0.3) is 5.56 Å². The van der Waals surface area contributed by atoms with Gasteiger partial charge in [0.1, 0.15) is 5.82 Å².